The first-order chi connectivity index (χ1) is 17.9. The van der Waals surface area contributed by atoms with Gasteiger partial charge in [0.25, 0.3) is 0 Å². The Hall–Kier alpha value is -3.76. The predicted octanol–water partition coefficient (Wildman–Crippen LogP) is 6.21. The minimum absolute atomic E-state index is 0.0120. The van der Waals surface area contributed by atoms with Crippen LogP contribution >= 0.6 is 0 Å². The van der Waals surface area contributed by atoms with Gasteiger partial charge in [-0.25, -0.2) is 13.6 Å². The lowest BCUT2D eigenvalue weighted by Crippen LogP contribution is -2.29. The van der Waals surface area contributed by atoms with Crippen LogP contribution < -0.4 is 10.6 Å². The molecule has 3 N–H and O–H groups in total. The first-order valence-corrected chi connectivity index (χ1v) is 12.0. The molecule has 2 aromatic rings. The number of carbonyl (C=O) groups excluding carboxylic acids is 2. The number of allylic oxidation sites excluding steroid dienone is 1. The van der Waals surface area contributed by atoms with Crippen molar-refractivity contribution in [3.8, 4) is 0 Å². The minimum atomic E-state index is -4.74. The molecule has 1 saturated carbocycles. The van der Waals surface area contributed by atoms with Crippen molar-refractivity contribution >= 4 is 29.4 Å². The van der Waals surface area contributed by atoms with Crippen molar-refractivity contribution in [1.82, 2.24) is 5.32 Å². The number of anilines is 1. The zero-order valence-corrected chi connectivity index (χ0v) is 21.1. The van der Waals surface area contributed by atoms with Crippen LogP contribution in [0.4, 0.5) is 27.6 Å². The first-order valence-electron chi connectivity index (χ1n) is 12.0. The van der Waals surface area contributed by atoms with E-state index < -0.39 is 40.7 Å². The van der Waals surface area contributed by atoms with Gasteiger partial charge in [0, 0.05) is 40.8 Å². The maximum absolute atomic E-state index is 15.4. The normalized spacial score (nSPS) is 15.4. The molecule has 1 aliphatic carbocycles. The molecule has 3 rings (SSSR count). The summed E-state index contributed by atoms with van der Waals surface area (Å²) in [5, 5.41) is 13.2. The van der Waals surface area contributed by atoms with Gasteiger partial charge in [0.1, 0.15) is 11.6 Å². The molecule has 0 radical (unpaired) electrons. The third-order valence-corrected chi connectivity index (χ3v) is 6.42. The molecule has 0 unspecified atom stereocenters. The van der Waals surface area contributed by atoms with E-state index in [1.807, 2.05) is 13.8 Å². The average molecular weight is 538 g/mol. The van der Waals surface area contributed by atoms with Gasteiger partial charge < -0.3 is 20.8 Å². The molecule has 2 aromatic carbocycles. The highest BCUT2D eigenvalue weighted by Gasteiger charge is 2.53. The number of nitrogens with one attached hydrogen (secondary N) is 3. The zero-order chi connectivity index (χ0) is 28.3. The van der Waals surface area contributed by atoms with E-state index in [2.05, 4.69) is 10.6 Å². The molecule has 38 heavy (non-hydrogen) atoms. The summed E-state index contributed by atoms with van der Waals surface area (Å²) in [6, 6.07) is 4.14. The lowest BCUT2D eigenvalue weighted by atomic mass is 9.92. The van der Waals surface area contributed by atoms with Gasteiger partial charge in [-0.15, -0.1) is 0 Å². The fraction of sp³-hybridized carbons (Fsp3) is 0.370. The number of esters is 1. The lowest BCUT2D eigenvalue weighted by Gasteiger charge is -2.19. The number of amides is 1. The average Bonchev–Trinajstić information content (AvgIpc) is 3.66. The standard InChI is InChI=1S/C27H28F5N3O3/c1-4-15(3)34-14-16(13-33)23-19(24(36)38-5-2)11-18(12-22(23)29)35-25(37)26(8-9-26)20-7-6-17(10-21(20)28)27(30,31)32/h6-7,10-15,33-34H,4-5,8-9H2,1-3H3,(H,35,37)/b16-14+,33-13?/t15-/m0/s1. The Kier molecular flexibility index (Phi) is 8.58. The van der Waals surface area contributed by atoms with Crippen molar-refractivity contribution in [1.29, 1.82) is 5.41 Å². The maximum Gasteiger partial charge on any atom is 0.416 e. The molecular formula is C27H28F5N3O3. The van der Waals surface area contributed by atoms with E-state index in [4.69, 9.17) is 10.1 Å². The molecular weight excluding hydrogens is 509 g/mol. The van der Waals surface area contributed by atoms with Gasteiger partial charge in [-0.1, -0.05) is 13.0 Å². The van der Waals surface area contributed by atoms with E-state index in [0.717, 1.165) is 24.8 Å². The van der Waals surface area contributed by atoms with E-state index in [-0.39, 0.29) is 53.4 Å². The second-order valence-electron chi connectivity index (χ2n) is 9.05. The molecule has 0 aliphatic heterocycles. The van der Waals surface area contributed by atoms with Crippen molar-refractivity contribution in [2.24, 2.45) is 0 Å². The number of rotatable bonds is 10. The number of hydrogen-bond donors (Lipinski definition) is 3. The Balaban J connectivity index is 1.98. The minimum Gasteiger partial charge on any atom is -0.462 e. The molecule has 1 amide bonds. The quantitative estimate of drug-likeness (QED) is 0.191. The van der Waals surface area contributed by atoms with Crippen molar-refractivity contribution in [3.63, 3.8) is 0 Å². The second-order valence-corrected chi connectivity index (χ2v) is 9.05. The predicted molar refractivity (Wildman–Crippen MR) is 133 cm³/mol. The monoisotopic (exact) mass is 537 g/mol. The van der Waals surface area contributed by atoms with Crippen LogP contribution in [-0.2, 0) is 21.1 Å². The first kappa shape index (κ1) is 28.8. The summed E-state index contributed by atoms with van der Waals surface area (Å²) < 4.78 is 73.8. The molecule has 11 heteroatoms. The van der Waals surface area contributed by atoms with Gasteiger partial charge in [0.05, 0.1) is 23.1 Å². The Morgan fingerprint density at radius 3 is 2.34 bits per heavy atom. The zero-order valence-electron chi connectivity index (χ0n) is 21.1. The summed E-state index contributed by atoms with van der Waals surface area (Å²) in [7, 11) is 0. The highest BCUT2D eigenvalue weighted by Crippen LogP contribution is 2.50. The molecule has 1 aliphatic rings. The summed E-state index contributed by atoms with van der Waals surface area (Å²) in [5.74, 6) is -3.73. The van der Waals surface area contributed by atoms with Crippen molar-refractivity contribution < 1.29 is 36.3 Å². The van der Waals surface area contributed by atoms with Crippen LogP contribution in [0, 0.1) is 17.0 Å². The van der Waals surface area contributed by atoms with Crippen LogP contribution in [0.2, 0.25) is 0 Å². The summed E-state index contributed by atoms with van der Waals surface area (Å²) >= 11 is 0. The summed E-state index contributed by atoms with van der Waals surface area (Å²) in [4.78, 5) is 25.8. The van der Waals surface area contributed by atoms with Gasteiger partial charge in [-0.3, -0.25) is 4.79 Å². The topological polar surface area (TPSA) is 91.3 Å². The molecule has 0 saturated heterocycles. The van der Waals surface area contributed by atoms with E-state index in [1.54, 1.807) is 6.92 Å². The van der Waals surface area contributed by atoms with Crippen LogP contribution in [0.5, 0.6) is 0 Å². The van der Waals surface area contributed by atoms with Crippen LogP contribution in [0.1, 0.15) is 67.1 Å². The van der Waals surface area contributed by atoms with Crippen molar-refractivity contribution in [3.05, 3.63) is 70.4 Å². The van der Waals surface area contributed by atoms with Crippen molar-refractivity contribution in [2.45, 2.75) is 57.7 Å². The number of alkyl halides is 3. The molecule has 1 fully saturated rings. The van der Waals surface area contributed by atoms with E-state index in [1.165, 1.54) is 12.3 Å². The van der Waals surface area contributed by atoms with Crippen molar-refractivity contribution in [2.75, 3.05) is 11.9 Å². The third-order valence-electron chi connectivity index (χ3n) is 6.42. The van der Waals surface area contributed by atoms with Crippen LogP contribution in [-0.4, -0.2) is 30.7 Å². The third kappa shape index (κ3) is 6.03. The maximum atomic E-state index is 15.4. The van der Waals surface area contributed by atoms with Crippen LogP contribution in [0.15, 0.2) is 36.5 Å². The van der Waals surface area contributed by atoms with Gasteiger partial charge in [0.2, 0.25) is 5.91 Å². The fourth-order valence-corrected chi connectivity index (χ4v) is 3.95. The number of ether oxygens (including phenoxy) is 1. The summed E-state index contributed by atoms with van der Waals surface area (Å²) in [6.07, 6.45) is -1.35. The largest absolute Gasteiger partial charge is 0.462 e. The number of carbonyl (C=O) groups is 2. The molecule has 0 bridgehead atoms. The van der Waals surface area contributed by atoms with Gasteiger partial charge in [0.15, 0.2) is 0 Å². The summed E-state index contributed by atoms with van der Waals surface area (Å²) in [5.41, 5.74) is -3.31. The van der Waals surface area contributed by atoms with Gasteiger partial charge >= 0.3 is 12.1 Å². The van der Waals surface area contributed by atoms with E-state index in [9.17, 15) is 27.2 Å². The molecule has 0 spiro atoms. The SMILES string of the molecule is CCOC(=O)c1cc(NC(=O)C2(c3ccc(C(F)(F)F)cc3F)CC2)cc(F)c1/C(C=N)=C/N[C@@H](C)CC. The molecule has 6 nitrogen and oxygen atoms in total. The molecule has 0 heterocycles. The van der Waals surface area contributed by atoms with Crippen LogP contribution in [0.25, 0.3) is 5.57 Å². The smallest absolute Gasteiger partial charge is 0.416 e. The molecule has 1 atom stereocenters. The second kappa shape index (κ2) is 11.3. The number of halogens is 5. The van der Waals surface area contributed by atoms with Gasteiger partial charge in [-0.2, -0.15) is 13.2 Å². The number of benzene rings is 2. The Bertz CT molecular complexity index is 1270. The molecule has 0 aromatic heterocycles. The molecule has 204 valence electrons. The van der Waals surface area contributed by atoms with Gasteiger partial charge in [-0.05, 0) is 57.4 Å². The highest BCUT2D eigenvalue weighted by atomic mass is 19.4. The summed E-state index contributed by atoms with van der Waals surface area (Å²) in [6.45, 7) is 5.36. The lowest BCUT2D eigenvalue weighted by molar-refractivity contribution is -0.137. The Morgan fingerprint density at radius 1 is 1.13 bits per heavy atom. The van der Waals surface area contributed by atoms with E-state index >= 15 is 4.39 Å². The Labute approximate surface area is 216 Å². The van der Waals surface area contributed by atoms with Crippen LogP contribution in [0.3, 0.4) is 0 Å². The Morgan fingerprint density at radius 2 is 1.82 bits per heavy atom. The highest BCUT2D eigenvalue weighted by molar-refractivity contribution is 6.13. The fourth-order valence-electron chi connectivity index (χ4n) is 3.95. The van der Waals surface area contributed by atoms with E-state index in [0.29, 0.717) is 12.1 Å². The number of hydrogen-bond acceptors (Lipinski definition) is 5.